The molecule has 0 unspecified atom stereocenters. The molecule has 3 rings (SSSR count). The Balaban J connectivity index is 1.96. The standard InChI is InChI=1S/C24H30Cl2N2O4S/c1-17-10-11-22(32-2)23(12-17)33(30,31)28(21-14-18(25)13-19(26)15-21)16-24(29)27-20-8-6-4-3-5-7-9-20/h10-15,20H,3-9,16H2,1-2H3,(H,27,29). The molecule has 2 aromatic rings. The average Bonchev–Trinajstić information content (AvgIpc) is 2.73. The van der Waals surface area contributed by atoms with Crippen LogP contribution in [0.5, 0.6) is 5.75 Å². The van der Waals surface area contributed by atoms with E-state index in [9.17, 15) is 13.2 Å². The lowest BCUT2D eigenvalue weighted by molar-refractivity contribution is -0.120. The van der Waals surface area contributed by atoms with Gasteiger partial charge in [-0.25, -0.2) is 8.42 Å². The number of hydrogen-bond acceptors (Lipinski definition) is 4. The van der Waals surface area contributed by atoms with Crippen molar-refractivity contribution in [1.82, 2.24) is 5.32 Å². The fraction of sp³-hybridized carbons (Fsp3) is 0.458. The predicted molar refractivity (Wildman–Crippen MR) is 133 cm³/mol. The zero-order valence-electron chi connectivity index (χ0n) is 18.9. The van der Waals surface area contributed by atoms with Gasteiger partial charge in [-0.05, 0) is 55.7 Å². The van der Waals surface area contributed by atoms with Gasteiger partial charge in [0.1, 0.15) is 17.2 Å². The van der Waals surface area contributed by atoms with Crippen molar-refractivity contribution in [3.63, 3.8) is 0 Å². The summed E-state index contributed by atoms with van der Waals surface area (Å²) in [6.45, 7) is 1.40. The summed E-state index contributed by atoms with van der Waals surface area (Å²) in [5.41, 5.74) is 0.960. The van der Waals surface area contributed by atoms with Crippen LogP contribution in [0.4, 0.5) is 5.69 Å². The van der Waals surface area contributed by atoms with Crippen molar-refractivity contribution >= 4 is 44.8 Å². The van der Waals surface area contributed by atoms with Crippen LogP contribution in [0.2, 0.25) is 10.0 Å². The second kappa shape index (κ2) is 11.4. The van der Waals surface area contributed by atoms with Crippen molar-refractivity contribution in [3.05, 3.63) is 52.0 Å². The zero-order valence-corrected chi connectivity index (χ0v) is 21.3. The van der Waals surface area contributed by atoms with Gasteiger partial charge in [0.25, 0.3) is 10.0 Å². The first kappa shape index (κ1) is 25.7. The van der Waals surface area contributed by atoms with Crippen molar-refractivity contribution < 1.29 is 17.9 Å². The molecule has 0 atom stereocenters. The van der Waals surface area contributed by atoms with Gasteiger partial charge in [0.15, 0.2) is 0 Å². The molecule has 1 N–H and O–H groups in total. The van der Waals surface area contributed by atoms with Gasteiger partial charge in [-0.2, -0.15) is 0 Å². The van der Waals surface area contributed by atoms with Gasteiger partial charge in [0, 0.05) is 16.1 Å². The number of anilines is 1. The number of nitrogens with zero attached hydrogens (tertiary/aromatic N) is 1. The number of amides is 1. The number of carbonyl (C=O) groups excluding carboxylic acids is 1. The molecule has 33 heavy (non-hydrogen) atoms. The molecule has 0 saturated heterocycles. The molecule has 1 aliphatic rings. The van der Waals surface area contributed by atoms with Gasteiger partial charge < -0.3 is 10.1 Å². The van der Waals surface area contributed by atoms with Gasteiger partial charge in [-0.3, -0.25) is 9.10 Å². The molecule has 1 aliphatic carbocycles. The van der Waals surface area contributed by atoms with E-state index in [1.54, 1.807) is 19.1 Å². The molecule has 0 aliphatic heterocycles. The molecule has 2 aromatic carbocycles. The number of rotatable bonds is 7. The van der Waals surface area contributed by atoms with E-state index in [0.29, 0.717) is 0 Å². The lowest BCUT2D eigenvalue weighted by atomic mass is 9.97. The Labute approximate surface area is 206 Å². The van der Waals surface area contributed by atoms with Crippen LogP contribution in [-0.2, 0) is 14.8 Å². The largest absolute Gasteiger partial charge is 0.495 e. The summed E-state index contributed by atoms with van der Waals surface area (Å²) in [6, 6.07) is 9.41. The number of nitrogens with one attached hydrogen (secondary N) is 1. The molecule has 1 fully saturated rings. The smallest absolute Gasteiger partial charge is 0.268 e. The Kier molecular flexibility index (Phi) is 8.90. The highest BCUT2D eigenvalue weighted by molar-refractivity contribution is 7.93. The number of benzene rings is 2. The Morgan fingerprint density at radius 3 is 2.24 bits per heavy atom. The summed E-state index contributed by atoms with van der Waals surface area (Å²) in [5, 5.41) is 3.58. The highest BCUT2D eigenvalue weighted by Crippen LogP contribution is 2.33. The maximum absolute atomic E-state index is 13.8. The summed E-state index contributed by atoms with van der Waals surface area (Å²) in [5.74, 6) is -0.175. The third-order valence-corrected chi connectivity index (χ3v) is 8.01. The van der Waals surface area contributed by atoms with Crippen LogP contribution < -0.4 is 14.4 Å². The molecule has 0 aromatic heterocycles. The molecule has 0 radical (unpaired) electrons. The molecular formula is C24H30Cl2N2O4S. The first-order valence-electron chi connectivity index (χ1n) is 11.1. The second-order valence-corrected chi connectivity index (χ2v) is 11.1. The Hall–Kier alpha value is -1.96. The maximum Gasteiger partial charge on any atom is 0.268 e. The number of aryl methyl sites for hydroxylation is 1. The monoisotopic (exact) mass is 512 g/mol. The lowest BCUT2D eigenvalue weighted by Gasteiger charge is -2.27. The maximum atomic E-state index is 13.8. The third-order valence-electron chi connectivity index (χ3n) is 5.78. The van der Waals surface area contributed by atoms with Crippen LogP contribution in [-0.4, -0.2) is 34.0 Å². The van der Waals surface area contributed by atoms with Crippen molar-refractivity contribution in [2.45, 2.75) is 62.8 Å². The molecule has 1 saturated carbocycles. The Morgan fingerprint density at radius 2 is 1.64 bits per heavy atom. The molecule has 0 bridgehead atoms. The Morgan fingerprint density at radius 1 is 1.03 bits per heavy atom. The minimum atomic E-state index is -4.17. The average molecular weight is 513 g/mol. The summed E-state index contributed by atoms with van der Waals surface area (Å²) in [6.07, 6.45) is 7.43. The van der Waals surface area contributed by atoms with E-state index >= 15 is 0 Å². The van der Waals surface area contributed by atoms with Crippen LogP contribution in [0.1, 0.15) is 50.5 Å². The van der Waals surface area contributed by atoms with E-state index in [-0.39, 0.29) is 38.3 Å². The minimum absolute atomic E-state index is 0.0279. The van der Waals surface area contributed by atoms with Crippen LogP contribution in [0, 0.1) is 6.92 Å². The van der Waals surface area contributed by atoms with E-state index in [0.717, 1.165) is 48.4 Å². The van der Waals surface area contributed by atoms with Crippen molar-refractivity contribution in [2.24, 2.45) is 0 Å². The second-order valence-electron chi connectivity index (χ2n) is 8.40. The summed E-state index contributed by atoms with van der Waals surface area (Å²) in [7, 11) is -2.76. The van der Waals surface area contributed by atoms with Gasteiger partial charge in [-0.1, -0.05) is 61.4 Å². The number of halogens is 2. The van der Waals surface area contributed by atoms with Crippen molar-refractivity contribution in [1.29, 1.82) is 0 Å². The fourth-order valence-corrected chi connectivity index (χ4v) is 6.27. The first-order chi connectivity index (χ1) is 15.7. The quantitative estimate of drug-likeness (QED) is 0.513. The van der Waals surface area contributed by atoms with Gasteiger partial charge >= 0.3 is 0 Å². The molecule has 9 heteroatoms. The Bertz CT molecular complexity index is 1060. The third kappa shape index (κ3) is 6.78. The van der Waals surface area contributed by atoms with Crippen molar-refractivity contribution in [3.8, 4) is 5.75 Å². The lowest BCUT2D eigenvalue weighted by Crippen LogP contribution is -2.44. The number of methoxy groups -OCH3 is 1. The summed E-state index contributed by atoms with van der Waals surface area (Å²) < 4.78 is 33.9. The molecule has 0 heterocycles. The summed E-state index contributed by atoms with van der Waals surface area (Å²) in [4.78, 5) is 13.0. The number of carbonyl (C=O) groups is 1. The number of ether oxygens (including phenoxy) is 1. The van der Waals surface area contributed by atoms with Crippen LogP contribution in [0.25, 0.3) is 0 Å². The highest BCUT2D eigenvalue weighted by atomic mass is 35.5. The van der Waals surface area contributed by atoms with Crippen molar-refractivity contribution in [2.75, 3.05) is 18.0 Å². The van der Waals surface area contributed by atoms with Gasteiger partial charge in [0.2, 0.25) is 5.91 Å². The molecule has 180 valence electrons. The number of hydrogen-bond donors (Lipinski definition) is 1. The van der Waals surface area contributed by atoms with Crippen LogP contribution in [0.3, 0.4) is 0 Å². The van der Waals surface area contributed by atoms with E-state index < -0.39 is 16.6 Å². The van der Waals surface area contributed by atoms with E-state index in [4.69, 9.17) is 27.9 Å². The fourth-order valence-electron chi connectivity index (χ4n) is 4.11. The molecular weight excluding hydrogens is 483 g/mol. The SMILES string of the molecule is COc1ccc(C)cc1S(=O)(=O)N(CC(=O)NC1CCCCCCC1)c1cc(Cl)cc(Cl)c1. The highest BCUT2D eigenvalue weighted by Gasteiger charge is 2.31. The number of sulfonamides is 1. The van der Waals surface area contributed by atoms with E-state index in [1.165, 1.54) is 37.8 Å². The normalized spacial score (nSPS) is 15.4. The summed E-state index contributed by atoms with van der Waals surface area (Å²) >= 11 is 12.3. The molecule has 6 nitrogen and oxygen atoms in total. The van der Waals surface area contributed by atoms with E-state index in [1.807, 2.05) is 0 Å². The van der Waals surface area contributed by atoms with Gasteiger partial charge in [-0.15, -0.1) is 0 Å². The topological polar surface area (TPSA) is 75.7 Å². The van der Waals surface area contributed by atoms with Crippen LogP contribution >= 0.6 is 23.2 Å². The van der Waals surface area contributed by atoms with Gasteiger partial charge in [0.05, 0.1) is 12.8 Å². The minimum Gasteiger partial charge on any atom is -0.495 e. The first-order valence-corrected chi connectivity index (χ1v) is 13.3. The molecule has 1 amide bonds. The zero-order chi connectivity index (χ0) is 24.0. The predicted octanol–water partition coefficient (Wildman–Crippen LogP) is 5.73. The molecule has 0 spiro atoms. The van der Waals surface area contributed by atoms with E-state index in [2.05, 4.69) is 5.32 Å². The van der Waals surface area contributed by atoms with Crippen LogP contribution in [0.15, 0.2) is 41.3 Å².